The molecule has 3 aromatic rings. The van der Waals surface area contributed by atoms with Gasteiger partial charge in [-0.2, -0.15) is 5.10 Å². The molecular formula is C17H17N5O. The largest absolute Gasteiger partial charge is 0.332 e. The average Bonchev–Trinajstić information content (AvgIpc) is 2.96. The molecule has 1 aromatic carbocycles. The predicted octanol–water partition coefficient (Wildman–Crippen LogP) is 2.80. The minimum atomic E-state index is -0.257. The van der Waals surface area contributed by atoms with Crippen LogP contribution in [0.25, 0.3) is 11.3 Å². The van der Waals surface area contributed by atoms with Crippen molar-refractivity contribution < 1.29 is 4.79 Å². The molecule has 6 nitrogen and oxygen atoms in total. The van der Waals surface area contributed by atoms with Gasteiger partial charge in [0.05, 0.1) is 17.9 Å². The van der Waals surface area contributed by atoms with E-state index in [0.717, 1.165) is 22.6 Å². The number of aryl methyl sites for hydroxylation is 1. The van der Waals surface area contributed by atoms with Crippen molar-refractivity contribution in [3.05, 3.63) is 66.6 Å². The number of benzene rings is 1. The Bertz CT molecular complexity index is 783. The van der Waals surface area contributed by atoms with Crippen LogP contribution >= 0.6 is 0 Å². The molecule has 0 unspecified atom stereocenters. The second-order valence-corrected chi connectivity index (χ2v) is 5.05. The molecule has 2 aromatic heterocycles. The minimum Gasteiger partial charge on any atom is -0.332 e. The zero-order valence-corrected chi connectivity index (χ0v) is 12.7. The van der Waals surface area contributed by atoms with Crippen LogP contribution < -0.4 is 10.6 Å². The van der Waals surface area contributed by atoms with Crippen molar-refractivity contribution >= 4 is 11.7 Å². The Morgan fingerprint density at radius 1 is 1.13 bits per heavy atom. The van der Waals surface area contributed by atoms with Gasteiger partial charge in [-0.05, 0) is 30.3 Å². The number of para-hydroxylation sites is 1. The summed E-state index contributed by atoms with van der Waals surface area (Å²) in [6, 6.07) is 14.9. The lowest BCUT2D eigenvalue weighted by Gasteiger charge is -2.05. The predicted molar refractivity (Wildman–Crippen MR) is 88.7 cm³/mol. The first-order valence-electron chi connectivity index (χ1n) is 7.25. The van der Waals surface area contributed by atoms with Gasteiger partial charge in [-0.25, -0.2) is 4.79 Å². The van der Waals surface area contributed by atoms with Crippen molar-refractivity contribution in [3.63, 3.8) is 0 Å². The van der Waals surface area contributed by atoms with Gasteiger partial charge in [-0.1, -0.05) is 18.2 Å². The number of carbonyl (C=O) groups is 1. The van der Waals surface area contributed by atoms with Crippen molar-refractivity contribution in [3.8, 4) is 11.3 Å². The molecule has 0 atom stereocenters. The number of hydrogen-bond acceptors (Lipinski definition) is 3. The smallest absolute Gasteiger partial charge is 0.319 e. The summed E-state index contributed by atoms with van der Waals surface area (Å²) >= 11 is 0. The summed E-state index contributed by atoms with van der Waals surface area (Å²) in [6.45, 7) is 0.359. The molecule has 0 radical (unpaired) electrons. The van der Waals surface area contributed by atoms with Crippen LogP contribution in [0, 0.1) is 0 Å². The molecule has 2 amide bonds. The summed E-state index contributed by atoms with van der Waals surface area (Å²) < 4.78 is 1.79. The van der Waals surface area contributed by atoms with E-state index in [1.54, 1.807) is 17.1 Å². The quantitative estimate of drug-likeness (QED) is 0.778. The van der Waals surface area contributed by atoms with E-state index >= 15 is 0 Å². The highest BCUT2D eigenvalue weighted by Crippen LogP contribution is 2.18. The van der Waals surface area contributed by atoms with Crippen LogP contribution in [0.5, 0.6) is 0 Å². The Kier molecular flexibility index (Phi) is 4.33. The number of hydrogen-bond donors (Lipinski definition) is 2. The SMILES string of the molecule is Cn1nc(CNC(=O)Nc2ccccc2)cc1-c1ccncc1. The van der Waals surface area contributed by atoms with Gasteiger partial charge in [-0.15, -0.1) is 0 Å². The summed E-state index contributed by atoms with van der Waals surface area (Å²) in [6.07, 6.45) is 3.49. The molecule has 2 N–H and O–H groups in total. The summed E-state index contributed by atoms with van der Waals surface area (Å²) in [7, 11) is 1.88. The molecule has 0 aliphatic heterocycles. The van der Waals surface area contributed by atoms with E-state index in [0.29, 0.717) is 6.54 Å². The van der Waals surface area contributed by atoms with Crippen LogP contribution in [0.2, 0.25) is 0 Å². The van der Waals surface area contributed by atoms with Crippen molar-refractivity contribution in [2.24, 2.45) is 7.05 Å². The number of nitrogens with zero attached hydrogens (tertiary/aromatic N) is 3. The van der Waals surface area contributed by atoms with Crippen LogP contribution in [0.3, 0.4) is 0 Å². The lowest BCUT2D eigenvalue weighted by atomic mass is 10.2. The van der Waals surface area contributed by atoms with Crippen molar-refractivity contribution in [2.75, 3.05) is 5.32 Å². The number of carbonyl (C=O) groups excluding carboxylic acids is 1. The van der Waals surface area contributed by atoms with E-state index in [1.165, 1.54) is 0 Å². The lowest BCUT2D eigenvalue weighted by molar-refractivity contribution is 0.251. The summed E-state index contributed by atoms with van der Waals surface area (Å²) in [5.74, 6) is 0. The highest BCUT2D eigenvalue weighted by molar-refractivity contribution is 5.89. The van der Waals surface area contributed by atoms with Crippen LogP contribution in [0.15, 0.2) is 60.9 Å². The molecule has 2 heterocycles. The van der Waals surface area contributed by atoms with Crippen LogP contribution in [0.4, 0.5) is 10.5 Å². The van der Waals surface area contributed by atoms with Gasteiger partial charge in [0.15, 0.2) is 0 Å². The topological polar surface area (TPSA) is 71.8 Å². The van der Waals surface area contributed by atoms with E-state index in [4.69, 9.17) is 0 Å². The first kappa shape index (κ1) is 14.8. The third-order valence-corrected chi connectivity index (χ3v) is 3.37. The number of nitrogens with one attached hydrogen (secondary N) is 2. The van der Waals surface area contributed by atoms with Gasteiger partial charge in [-0.3, -0.25) is 9.67 Å². The van der Waals surface area contributed by atoms with E-state index in [-0.39, 0.29) is 6.03 Å². The van der Waals surface area contributed by atoms with Gasteiger partial charge >= 0.3 is 6.03 Å². The number of aromatic nitrogens is 3. The molecule has 3 rings (SSSR count). The zero-order valence-electron chi connectivity index (χ0n) is 12.7. The Balaban J connectivity index is 1.62. The molecule has 0 aliphatic carbocycles. The second kappa shape index (κ2) is 6.74. The van der Waals surface area contributed by atoms with Gasteiger partial charge in [0.25, 0.3) is 0 Å². The molecule has 0 aliphatic rings. The van der Waals surface area contributed by atoms with Crippen LogP contribution in [-0.4, -0.2) is 20.8 Å². The van der Waals surface area contributed by atoms with E-state index in [1.807, 2.05) is 55.6 Å². The number of urea groups is 1. The molecule has 0 saturated carbocycles. The highest BCUT2D eigenvalue weighted by atomic mass is 16.2. The highest BCUT2D eigenvalue weighted by Gasteiger charge is 2.08. The third kappa shape index (κ3) is 3.74. The fourth-order valence-corrected chi connectivity index (χ4v) is 2.27. The lowest BCUT2D eigenvalue weighted by Crippen LogP contribution is -2.28. The zero-order chi connectivity index (χ0) is 16.1. The van der Waals surface area contributed by atoms with Gasteiger partial charge in [0, 0.05) is 30.7 Å². The van der Waals surface area contributed by atoms with Crippen molar-refractivity contribution in [1.82, 2.24) is 20.1 Å². The maximum atomic E-state index is 11.9. The third-order valence-electron chi connectivity index (χ3n) is 3.37. The van der Waals surface area contributed by atoms with E-state index in [2.05, 4.69) is 20.7 Å². The summed E-state index contributed by atoms with van der Waals surface area (Å²) in [4.78, 5) is 15.9. The van der Waals surface area contributed by atoms with Crippen LogP contribution in [-0.2, 0) is 13.6 Å². The van der Waals surface area contributed by atoms with E-state index in [9.17, 15) is 4.79 Å². The Labute approximate surface area is 134 Å². The first-order chi connectivity index (χ1) is 11.2. The molecule has 0 spiro atoms. The van der Waals surface area contributed by atoms with Gasteiger partial charge in [0.1, 0.15) is 0 Å². The van der Waals surface area contributed by atoms with Gasteiger partial charge in [0.2, 0.25) is 0 Å². The van der Waals surface area contributed by atoms with Crippen molar-refractivity contribution in [1.29, 1.82) is 0 Å². The summed E-state index contributed by atoms with van der Waals surface area (Å²) in [5, 5.41) is 9.99. The Morgan fingerprint density at radius 2 is 1.87 bits per heavy atom. The van der Waals surface area contributed by atoms with E-state index < -0.39 is 0 Å². The normalized spacial score (nSPS) is 10.3. The number of amides is 2. The standard InChI is InChI=1S/C17H17N5O/c1-22-16(13-7-9-18-10-8-13)11-15(21-22)12-19-17(23)20-14-5-3-2-4-6-14/h2-11H,12H2,1H3,(H2,19,20,23). The summed E-state index contributed by atoms with van der Waals surface area (Å²) in [5.41, 5.74) is 3.56. The molecule has 116 valence electrons. The first-order valence-corrected chi connectivity index (χ1v) is 7.25. The van der Waals surface area contributed by atoms with Crippen molar-refractivity contribution in [2.45, 2.75) is 6.54 Å². The fourth-order valence-electron chi connectivity index (χ4n) is 2.27. The molecule has 0 fully saturated rings. The maximum Gasteiger partial charge on any atom is 0.319 e. The monoisotopic (exact) mass is 307 g/mol. The Hall–Kier alpha value is -3.15. The van der Waals surface area contributed by atoms with Gasteiger partial charge < -0.3 is 10.6 Å². The molecule has 0 saturated heterocycles. The number of pyridine rings is 1. The fraction of sp³-hybridized carbons (Fsp3) is 0.118. The number of rotatable bonds is 4. The molecule has 6 heteroatoms. The molecule has 23 heavy (non-hydrogen) atoms. The number of anilines is 1. The minimum absolute atomic E-state index is 0.257. The Morgan fingerprint density at radius 3 is 2.61 bits per heavy atom. The molecular weight excluding hydrogens is 290 g/mol. The average molecular weight is 307 g/mol. The van der Waals surface area contributed by atoms with Crippen LogP contribution in [0.1, 0.15) is 5.69 Å². The second-order valence-electron chi connectivity index (χ2n) is 5.05. The maximum absolute atomic E-state index is 11.9. The molecule has 0 bridgehead atoms.